The lowest BCUT2D eigenvalue weighted by molar-refractivity contribution is -0.152. The highest BCUT2D eigenvalue weighted by atomic mass is 19.3. The number of rotatable bonds is 2. The zero-order valence-electron chi connectivity index (χ0n) is 7.48. The summed E-state index contributed by atoms with van der Waals surface area (Å²) in [6, 6.07) is -0.122. The summed E-state index contributed by atoms with van der Waals surface area (Å²) < 4.78 is 25.3. The van der Waals surface area contributed by atoms with Crippen molar-refractivity contribution >= 4 is 5.97 Å². The molecule has 5 heteroatoms. The molecule has 0 radical (unpaired) electrons. The predicted octanol–water partition coefficient (Wildman–Crippen LogP) is 1.63. The average Bonchev–Trinajstić information content (AvgIpc) is 2.02. The van der Waals surface area contributed by atoms with Gasteiger partial charge in [-0.15, -0.1) is 0 Å². The normalized spacial score (nSPS) is 22.7. The Morgan fingerprint density at radius 2 is 2.00 bits per heavy atom. The van der Waals surface area contributed by atoms with E-state index < -0.39 is 11.9 Å². The van der Waals surface area contributed by atoms with Gasteiger partial charge in [-0.1, -0.05) is 0 Å². The second kappa shape index (κ2) is 4.00. The van der Waals surface area contributed by atoms with Crippen LogP contribution < -0.4 is 5.48 Å². The zero-order chi connectivity index (χ0) is 9.90. The molecule has 0 bridgehead atoms. The summed E-state index contributed by atoms with van der Waals surface area (Å²) >= 11 is 0. The van der Waals surface area contributed by atoms with Gasteiger partial charge in [0.1, 0.15) is 0 Å². The lowest BCUT2D eigenvalue weighted by Gasteiger charge is -2.27. The van der Waals surface area contributed by atoms with Crippen LogP contribution in [0.4, 0.5) is 8.78 Å². The molecule has 0 aromatic carbocycles. The number of carbonyl (C=O) groups excluding carboxylic acids is 1. The lowest BCUT2D eigenvalue weighted by atomic mass is 9.93. The fraction of sp³-hybridized carbons (Fsp3) is 0.875. The smallest absolute Gasteiger partial charge is 0.321 e. The molecule has 13 heavy (non-hydrogen) atoms. The largest absolute Gasteiger partial charge is 0.371 e. The Balaban J connectivity index is 2.21. The van der Waals surface area contributed by atoms with E-state index in [0.717, 1.165) is 0 Å². The highest BCUT2D eigenvalue weighted by Gasteiger charge is 2.35. The van der Waals surface area contributed by atoms with Gasteiger partial charge >= 0.3 is 5.97 Å². The summed E-state index contributed by atoms with van der Waals surface area (Å²) in [6.45, 7) is 1.27. The number of halogens is 2. The Kier molecular flexibility index (Phi) is 3.19. The minimum Gasteiger partial charge on any atom is -0.371 e. The zero-order valence-corrected chi connectivity index (χ0v) is 7.48. The van der Waals surface area contributed by atoms with Crippen LogP contribution >= 0.6 is 0 Å². The first kappa shape index (κ1) is 10.4. The van der Waals surface area contributed by atoms with E-state index in [4.69, 9.17) is 0 Å². The van der Waals surface area contributed by atoms with Crippen LogP contribution in [-0.2, 0) is 9.63 Å². The fourth-order valence-electron chi connectivity index (χ4n) is 1.32. The minimum atomic E-state index is -2.53. The molecule has 1 rings (SSSR count). The van der Waals surface area contributed by atoms with Crippen molar-refractivity contribution in [3.63, 3.8) is 0 Å². The van der Waals surface area contributed by atoms with E-state index in [0.29, 0.717) is 12.8 Å². The Bertz CT molecular complexity index is 187. The van der Waals surface area contributed by atoms with Crippen molar-refractivity contribution in [1.29, 1.82) is 0 Å². The molecule has 0 heterocycles. The molecular weight excluding hydrogens is 180 g/mol. The molecule has 0 atom stereocenters. The molecule has 0 saturated heterocycles. The summed E-state index contributed by atoms with van der Waals surface area (Å²) in [5.74, 6) is -2.98. The first-order valence-electron chi connectivity index (χ1n) is 4.30. The molecule has 0 aliphatic heterocycles. The van der Waals surface area contributed by atoms with E-state index in [2.05, 4.69) is 10.3 Å². The van der Waals surface area contributed by atoms with E-state index in [1.54, 1.807) is 0 Å². The SMILES string of the molecule is CC(=O)ONC1CCC(F)(F)CC1. The molecule has 1 aliphatic carbocycles. The fourth-order valence-corrected chi connectivity index (χ4v) is 1.32. The monoisotopic (exact) mass is 193 g/mol. The van der Waals surface area contributed by atoms with Gasteiger partial charge in [0.05, 0.1) is 0 Å². The van der Waals surface area contributed by atoms with Crippen molar-refractivity contribution in [2.24, 2.45) is 0 Å². The Labute approximate surface area is 75.4 Å². The summed E-state index contributed by atoms with van der Waals surface area (Å²) in [5, 5.41) is 0. The van der Waals surface area contributed by atoms with E-state index in [1.165, 1.54) is 6.92 Å². The summed E-state index contributed by atoms with van der Waals surface area (Å²) in [4.78, 5) is 14.9. The first-order chi connectivity index (χ1) is 5.99. The van der Waals surface area contributed by atoms with Crippen molar-refractivity contribution in [3.05, 3.63) is 0 Å². The molecule has 1 aliphatic rings. The molecule has 0 amide bonds. The minimum absolute atomic E-state index is 0.122. The highest BCUT2D eigenvalue weighted by Crippen LogP contribution is 2.32. The molecule has 0 unspecified atom stereocenters. The maximum atomic E-state index is 12.6. The van der Waals surface area contributed by atoms with Crippen molar-refractivity contribution in [1.82, 2.24) is 5.48 Å². The van der Waals surface area contributed by atoms with Crippen LogP contribution in [0.15, 0.2) is 0 Å². The van der Waals surface area contributed by atoms with Crippen LogP contribution in [0.3, 0.4) is 0 Å². The van der Waals surface area contributed by atoms with Crippen molar-refractivity contribution < 1.29 is 18.4 Å². The van der Waals surface area contributed by atoms with Gasteiger partial charge in [0.2, 0.25) is 5.92 Å². The molecular formula is C8H13F2NO2. The van der Waals surface area contributed by atoms with Gasteiger partial charge in [0.25, 0.3) is 0 Å². The number of nitrogens with one attached hydrogen (secondary N) is 1. The van der Waals surface area contributed by atoms with E-state index in [9.17, 15) is 13.6 Å². The van der Waals surface area contributed by atoms with E-state index in [-0.39, 0.29) is 18.9 Å². The third-order valence-electron chi connectivity index (χ3n) is 2.09. The van der Waals surface area contributed by atoms with Gasteiger partial charge in [0.15, 0.2) is 0 Å². The molecule has 76 valence electrons. The van der Waals surface area contributed by atoms with Gasteiger partial charge in [-0.25, -0.2) is 8.78 Å². The molecule has 0 spiro atoms. The van der Waals surface area contributed by atoms with Gasteiger partial charge in [-0.2, -0.15) is 5.48 Å². The van der Waals surface area contributed by atoms with Crippen LogP contribution in [0.25, 0.3) is 0 Å². The number of hydrogen-bond acceptors (Lipinski definition) is 3. The molecule has 1 N–H and O–H groups in total. The summed E-state index contributed by atoms with van der Waals surface area (Å²) in [6.07, 6.45) is 0.429. The highest BCUT2D eigenvalue weighted by molar-refractivity contribution is 5.65. The molecule has 1 fully saturated rings. The molecule has 3 nitrogen and oxygen atoms in total. The van der Waals surface area contributed by atoms with Crippen LogP contribution in [-0.4, -0.2) is 17.9 Å². The van der Waals surface area contributed by atoms with Crippen molar-refractivity contribution in [2.45, 2.75) is 44.6 Å². The van der Waals surface area contributed by atoms with Crippen LogP contribution in [0.5, 0.6) is 0 Å². The number of alkyl halides is 2. The van der Waals surface area contributed by atoms with Gasteiger partial charge in [-0.3, -0.25) is 4.79 Å². The Morgan fingerprint density at radius 1 is 1.46 bits per heavy atom. The van der Waals surface area contributed by atoms with Gasteiger partial charge < -0.3 is 4.84 Å². The Morgan fingerprint density at radius 3 is 2.46 bits per heavy atom. The predicted molar refractivity (Wildman–Crippen MR) is 42.1 cm³/mol. The second-order valence-electron chi connectivity index (χ2n) is 3.34. The van der Waals surface area contributed by atoms with Crippen LogP contribution in [0, 0.1) is 0 Å². The van der Waals surface area contributed by atoms with Crippen molar-refractivity contribution in [3.8, 4) is 0 Å². The third-order valence-corrected chi connectivity index (χ3v) is 2.09. The van der Waals surface area contributed by atoms with Crippen LogP contribution in [0.1, 0.15) is 32.6 Å². The maximum absolute atomic E-state index is 12.6. The molecule has 0 aromatic rings. The van der Waals surface area contributed by atoms with E-state index >= 15 is 0 Å². The summed E-state index contributed by atoms with van der Waals surface area (Å²) in [7, 11) is 0. The van der Waals surface area contributed by atoms with Gasteiger partial charge in [0, 0.05) is 25.8 Å². The first-order valence-corrected chi connectivity index (χ1v) is 4.30. The molecule has 1 saturated carbocycles. The average molecular weight is 193 g/mol. The standard InChI is InChI=1S/C8H13F2NO2/c1-6(12)13-11-7-2-4-8(9,10)5-3-7/h7,11H,2-5H2,1H3. The summed E-state index contributed by atoms with van der Waals surface area (Å²) in [5.41, 5.74) is 2.48. The quantitative estimate of drug-likeness (QED) is 0.677. The Hall–Kier alpha value is -0.710. The number of hydroxylamine groups is 1. The van der Waals surface area contributed by atoms with Crippen molar-refractivity contribution in [2.75, 3.05) is 0 Å². The number of carbonyl (C=O) groups is 1. The maximum Gasteiger partial charge on any atom is 0.321 e. The third kappa shape index (κ3) is 3.67. The van der Waals surface area contributed by atoms with E-state index in [1.807, 2.05) is 0 Å². The van der Waals surface area contributed by atoms with Gasteiger partial charge in [-0.05, 0) is 12.8 Å². The lowest BCUT2D eigenvalue weighted by Crippen LogP contribution is -2.37. The second-order valence-corrected chi connectivity index (χ2v) is 3.34. The molecule has 0 aromatic heterocycles. The topological polar surface area (TPSA) is 38.3 Å². The van der Waals surface area contributed by atoms with Crippen LogP contribution in [0.2, 0.25) is 0 Å². The number of hydrogen-bond donors (Lipinski definition) is 1.